The van der Waals surface area contributed by atoms with Crippen LogP contribution in [0.5, 0.6) is 0 Å². The third-order valence-corrected chi connectivity index (χ3v) is 20.6. The Morgan fingerprint density at radius 1 is 0.362 bits per heavy atom. The number of benzene rings is 1. The molecule has 0 bridgehead atoms. The van der Waals surface area contributed by atoms with E-state index in [2.05, 4.69) is 140 Å². The molecule has 8 rings (SSSR count). The number of hydrogen-bond donors (Lipinski definition) is 2. The lowest BCUT2D eigenvalue weighted by Gasteiger charge is -2.55. The van der Waals surface area contributed by atoms with E-state index >= 15 is 0 Å². The topological polar surface area (TPSA) is 201 Å². The maximum absolute atomic E-state index is 13.0. The van der Waals surface area contributed by atoms with Gasteiger partial charge in [-0.05, 0) is 235 Å². The van der Waals surface area contributed by atoms with E-state index in [-0.39, 0.29) is 68.7 Å². The summed E-state index contributed by atoms with van der Waals surface area (Å²) in [6.07, 6.45) is 0. The second-order valence-corrected chi connectivity index (χ2v) is 34.7. The summed E-state index contributed by atoms with van der Waals surface area (Å²) >= 11 is 0. The number of likely N-dealkylation sites (N-methyl/N-ethyl adjacent to an activating group) is 4. The predicted octanol–water partition coefficient (Wildman–Crippen LogP) is 6.76. The number of nitrogens with one attached hydrogen (secondary N) is 2. The van der Waals surface area contributed by atoms with Crippen LogP contribution < -0.4 is 10.6 Å². The molecular weight excluding hydrogens is 1180 g/mol. The van der Waals surface area contributed by atoms with Gasteiger partial charge in [-0.1, -0.05) is 30.3 Å². The minimum Gasteiger partial charge on any atom is -0.338 e. The van der Waals surface area contributed by atoms with Crippen molar-refractivity contribution in [2.24, 2.45) is 0 Å². The van der Waals surface area contributed by atoms with Gasteiger partial charge >= 0.3 is 0 Å². The molecule has 0 radical (unpaired) electrons. The fraction of sp³-hybridized carbons (Fsp3) is 0.792. The molecule has 0 aliphatic carbocycles. The molecule has 534 valence electrons. The van der Waals surface area contributed by atoms with E-state index in [0.29, 0.717) is 65.6 Å². The SMILES string of the molecule is CC1(C)CN(CCN2CC(C)(C)NC(C)(C)C2=O)C(=O)C(C)(C)N1.CN(C)CN1CC(C)(C)N(C)C(C)(C)C1=O.CN1C(C)(C)CN(CCN2CC(C)(C)N(C)C(C)(C)C2=O)C(=O)C1(C)C.CN1C(C)(C)CN(Cc2ccccc2)C(=O)C1(C)C.Cc1nc(C)nc(C)n1. The Labute approximate surface area is 569 Å². The molecule has 6 fully saturated rings. The highest BCUT2D eigenvalue weighted by Gasteiger charge is 2.53. The summed E-state index contributed by atoms with van der Waals surface area (Å²) < 4.78 is 0. The molecule has 94 heavy (non-hydrogen) atoms. The predicted molar refractivity (Wildman–Crippen MR) is 379 cm³/mol. The molecule has 22 heteroatoms. The van der Waals surface area contributed by atoms with Crippen LogP contribution in [0.2, 0.25) is 0 Å². The van der Waals surface area contributed by atoms with Crippen LogP contribution in [0, 0.1) is 20.8 Å². The molecule has 1 aromatic heterocycles. The Morgan fingerprint density at radius 2 is 0.606 bits per heavy atom. The minimum atomic E-state index is -0.576. The van der Waals surface area contributed by atoms with Crippen molar-refractivity contribution in [1.29, 1.82) is 0 Å². The molecule has 7 heterocycles. The van der Waals surface area contributed by atoms with Crippen LogP contribution in [-0.4, -0.2) is 285 Å². The van der Waals surface area contributed by atoms with E-state index in [1.807, 2.05) is 199 Å². The first-order valence-corrected chi connectivity index (χ1v) is 33.9. The van der Waals surface area contributed by atoms with Gasteiger partial charge in [0.25, 0.3) is 0 Å². The number of hydrogen-bond acceptors (Lipinski definition) is 16. The van der Waals surface area contributed by atoms with Gasteiger partial charge in [0.05, 0.1) is 39.9 Å². The van der Waals surface area contributed by atoms with Crippen LogP contribution in [0.1, 0.15) is 189 Å². The first kappa shape index (κ1) is 81.2. The summed E-state index contributed by atoms with van der Waals surface area (Å²) in [6, 6.07) is 10.2. The summed E-state index contributed by atoms with van der Waals surface area (Å²) in [5.41, 5.74) is -2.35. The number of carbonyl (C=O) groups excluding carboxylic acids is 6. The van der Waals surface area contributed by atoms with Crippen molar-refractivity contribution in [3.8, 4) is 0 Å². The zero-order chi connectivity index (χ0) is 72.7. The number of aryl methyl sites for hydroxylation is 3. The fourth-order valence-electron chi connectivity index (χ4n) is 14.9. The van der Waals surface area contributed by atoms with Gasteiger partial charge in [-0.2, -0.15) is 0 Å². The highest BCUT2D eigenvalue weighted by Crippen LogP contribution is 2.36. The average molecular weight is 1320 g/mol. The average Bonchev–Trinajstić information content (AvgIpc) is 0.777. The molecule has 0 unspecified atom stereocenters. The van der Waals surface area contributed by atoms with Crippen molar-refractivity contribution in [3.63, 3.8) is 0 Å². The number of amides is 6. The Kier molecular flexibility index (Phi) is 24.8. The van der Waals surface area contributed by atoms with E-state index in [1.54, 1.807) is 0 Å². The molecule has 22 nitrogen and oxygen atoms in total. The van der Waals surface area contributed by atoms with Crippen LogP contribution in [0.3, 0.4) is 0 Å². The van der Waals surface area contributed by atoms with E-state index in [9.17, 15) is 28.8 Å². The summed E-state index contributed by atoms with van der Waals surface area (Å²) in [5.74, 6) is 3.27. The van der Waals surface area contributed by atoms with E-state index in [4.69, 9.17) is 0 Å². The van der Waals surface area contributed by atoms with Gasteiger partial charge in [-0.15, -0.1) is 0 Å². The normalized spacial score (nSPS) is 24.9. The number of nitrogens with zero attached hydrogens (tertiary/aromatic N) is 14. The Balaban J connectivity index is 0.000000258. The van der Waals surface area contributed by atoms with Gasteiger partial charge in [0, 0.05) is 105 Å². The number of piperazine rings is 6. The molecule has 2 aromatic rings. The standard InChI is InChI=1S/C20H38N4O2.C18H34N4O2.C16H24N2O.C12H25N3O.C6H9N3/c1-17(2)13-23(15(25)19(5,6)21(17)9)11-12-24-14-18(3,4)22(10)20(7,8)16(24)26;1-15(2)11-21(13(23)17(5,6)19-15)9-10-22-12-16(3,4)20-18(7,8)14(22)24;1-15(2)12-18(11-13-9-7-6-8-10-13)14(19)16(3,4)17(15)5;1-11(2)8-15(9-13(5)6)10(16)12(3,4)14(11)7;1-4-7-5(2)9-6(3)8-4/h11-14H2,1-10H3;19-20H,9-12H2,1-8H3;6-10H,11-12H2,1-5H3;8-9H2,1-7H3;1-3H3. The smallest absolute Gasteiger partial charge is 0.243 e. The molecule has 6 amide bonds. The highest BCUT2D eigenvalue weighted by molar-refractivity contribution is 5.90. The van der Waals surface area contributed by atoms with Gasteiger partial charge in [-0.25, -0.2) is 15.0 Å². The lowest BCUT2D eigenvalue weighted by molar-refractivity contribution is -0.162. The fourth-order valence-corrected chi connectivity index (χ4v) is 14.9. The third kappa shape index (κ3) is 19.1. The van der Waals surface area contributed by atoms with Crippen LogP contribution in [-0.2, 0) is 35.3 Å². The molecule has 6 saturated heterocycles. The molecule has 6 aliphatic heterocycles. The van der Waals surface area contributed by atoms with Crippen molar-refractivity contribution >= 4 is 35.4 Å². The first-order chi connectivity index (χ1) is 42.2. The summed E-state index contributed by atoms with van der Waals surface area (Å²) in [5, 5.41) is 6.81. The van der Waals surface area contributed by atoms with Crippen molar-refractivity contribution in [1.82, 2.24) is 79.5 Å². The minimum absolute atomic E-state index is 0.00775. The first-order valence-electron chi connectivity index (χ1n) is 33.9. The Hall–Kier alpha value is -5.23. The summed E-state index contributed by atoms with van der Waals surface area (Å²) in [6.45, 7) is 63.0. The Morgan fingerprint density at radius 3 is 0.894 bits per heavy atom. The molecule has 1 aromatic carbocycles. The molecular formula is C72H130N16O6. The monoisotopic (exact) mass is 1320 g/mol. The van der Waals surface area contributed by atoms with Crippen LogP contribution in [0.15, 0.2) is 30.3 Å². The van der Waals surface area contributed by atoms with Gasteiger partial charge in [-0.3, -0.25) is 63.9 Å². The summed E-state index contributed by atoms with van der Waals surface area (Å²) in [7, 11) is 12.1. The molecule has 6 aliphatic rings. The van der Waals surface area contributed by atoms with E-state index < -0.39 is 33.2 Å². The van der Waals surface area contributed by atoms with Crippen LogP contribution in [0.25, 0.3) is 0 Å². The Bertz CT molecular complexity index is 2850. The summed E-state index contributed by atoms with van der Waals surface area (Å²) in [4.78, 5) is 111. The second kappa shape index (κ2) is 28.7. The van der Waals surface area contributed by atoms with Gasteiger partial charge in [0.2, 0.25) is 35.4 Å². The maximum atomic E-state index is 13.0. The van der Waals surface area contributed by atoms with Crippen LogP contribution >= 0.6 is 0 Å². The van der Waals surface area contributed by atoms with Gasteiger partial charge in [0.15, 0.2) is 0 Å². The van der Waals surface area contributed by atoms with E-state index in [1.165, 1.54) is 5.56 Å². The van der Waals surface area contributed by atoms with E-state index in [0.717, 1.165) is 30.6 Å². The quantitative estimate of drug-likeness (QED) is 0.252. The molecule has 0 atom stereocenters. The van der Waals surface area contributed by atoms with Crippen molar-refractivity contribution < 1.29 is 28.8 Å². The zero-order valence-electron chi connectivity index (χ0n) is 65.1. The number of rotatable bonds is 10. The molecule has 0 saturated carbocycles. The highest BCUT2D eigenvalue weighted by atomic mass is 16.2. The maximum Gasteiger partial charge on any atom is 0.243 e. The lowest BCUT2D eigenvalue weighted by Crippen LogP contribution is -2.72. The van der Waals surface area contributed by atoms with Crippen molar-refractivity contribution in [3.05, 3.63) is 53.4 Å². The lowest BCUT2D eigenvalue weighted by atomic mass is 9.87. The molecule has 0 spiro atoms. The second-order valence-electron chi connectivity index (χ2n) is 34.7. The number of aromatic nitrogens is 3. The van der Waals surface area contributed by atoms with Gasteiger partial charge < -0.3 is 29.4 Å². The van der Waals surface area contributed by atoms with Crippen molar-refractivity contribution in [2.75, 3.05) is 114 Å². The third-order valence-electron chi connectivity index (χ3n) is 20.6. The van der Waals surface area contributed by atoms with Crippen LogP contribution in [0.4, 0.5) is 0 Å². The molecule has 2 N–H and O–H groups in total. The van der Waals surface area contributed by atoms with Gasteiger partial charge in [0.1, 0.15) is 17.5 Å². The zero-order valence-corrected chi connectivity index (χ0v) is 65.1. The van der Waals surface area contributed by atoms with Crippen molar-refractivity contribution in [2.45, 2.75) is 260 Å². The number of carbonyl (C=O) groups is 6. The largest absolute Gasteiger partial charge is 0.338 e.